The average molecular weight is 388 g/mol. The molecule has 0 radical (unpaired) electrons. The number of unbranched alkanes of at least 4 members (excludes halogenated alkanes) is 2. The fourth-order valence-corrected chi connectivity index (χ4v) is 0.984. The lowest BCUT2D eigenvalue weighted by Gasteiger charge is -2.00. The number of rotatable bonds is 10. The third-order valence-electron chi connectivity index (χ3n) is 2.39. The number of carbonyl (C=O) groups is 4. The van der Waals surface area contributed by atoms with Crippen molar-refractivity contribution in [1.82, 2.24) is 0 Å². The molecule has 8 nitrogen and oxygen atoms in total. The Labute approximate surface area is 161 Å². The molecule has 0 spiro atoms. The zero-order valence-corrected chi connectivity index (χ0v) is 16.7. The minimum Gasteiger partial charge on any atom is -0.481 e. The predicted molar refractivity (Wildman–Crippen MR) is 101 cm³/mol. The van der Waals surface area contributed by atoms with E-state index in [1.165, 1.54) is 6.92 Å². The maximum absolute atomic E-state index is 11.0. The van der Waals surface area contributed by atoms with E-state index in [2.05, 4.69) is 11.3 Å². The summed E-state index contributed by atoms with van der Waals surface area (Å²) in [6.07, 6.45) is 7.13. The first-order chi connectivity index (χ1) is 12.7. The SMILES string of the molecule is C=COC(C)=O.CCC(=O)O.CCCCOC(=O)/C=C\C(=O)OCCCC. The quantitative estimate of drug-likeness (QED) is 0.199. The van der Waals surface area contributed by atoms with Crippen LogP contribution in [-0.2, 0) is 33.4 Å². The van der Waals surface area contributed by atoms with Gasteiger partial charge in [-0.25, -0.2) is 9.59 Å². The summed E-state index contributed by atoms with van der Waals surface area (Å²) in [7, 11) is 0. The van der Waals surface area contributed by atoms with Crippen LogP contribution in [0.5, 0.6) is 0 Å². The highest BCUT2D eigenvalue weighted by atomic mass is 16.5. The molecule has 0 atom stereocenters. The van der Waals surface area contributed by atoms with Gasteiger partial charge in [0.05, 0.1) is 19.5 Å². The number of carbonyl (C=O) groups excluding carboxylic acids is 3. The molecular formula is C19H32O8. The Morgan fingerprint density at radius 1 is 0.889 bits per heavy atom. The Hall–Kier alpha value is -2.64. The van der Waals surface area contributed by atoms with E-state index < -0.39 is 17.9 Å². The third kappa shape index (κ3) is 35.4. The molecule has 1 N–H and O–H groups in total. The molecular weight excluding hydrogens is 356 g/mol. The van der Waals surface area contributed by atoms with Crippen molar-refractivity contribution < 1.29 is 38.5 Å². The van der Waals surface area contributed by atoms with Crippen molar-refractivity contribution in [2.45, 2.75) is 59.8 Å². The summed E-state index contributed by atoms with van der Waals surface area (Å²) < 4.78 is 13.8. The van der Waals surface area contributed by atoms with Crippen molar-refractivity contribution in [3.8, 4) is 0 Å². The first kappa shape index (κ1) is 29.1. The molecule has 8 heteroatoms. The molecule has 0 bridgehead atoms. The molecule has 0 saturated carbocycles. The van der Waals surface area contributed by atoms with Crippen molar-refractivity contribution in [3.05, 3.63) is 25.0 Å². The van der Waals surface area contributed by atoms with E-state index in [1.54, 1.807) is 6.92 Å². The molecule has 0 aliphatic carbocycles. The van der Waals surface area contributed by atoms with Crippen LogP contribution in [0.4, 0.5) is 0 Å². The van der Waals surface area contributed by atoms with Gasteiger partial charge in [0, 0.05) is 25.5 Å². The number of esters is 3. The van der Waals surface area contributed by atoms with E-state index in [0.29, 0.717) is 13.2 Å². The number of hydrogen-bond donors (Lipinski definition) is 1. The Bertz CT molecular complexity index is 431. The Kier molecular flexibility index (Phi) is 25.2. The maximum atomic E-state index is 11.0. The van der Waals surface area contributed by atoms with Gasteiger partial charge in [-0.2, -0.15) is 0 Å². The van der Waals surface area contributed by atoms with Crippen molar-refractivity contribution in [3.63, 3.8) is 0 Å². The molecule has 0 amide bonds. The molecule has 0 aromatic rings. The van der Waals surface area contributed by atoms with Gasteiger partial charge in [0.25, 0.3) is 0 Å². The van der Waals surface area contributed by atoms with Crippen LogP contribution >= 0.6 is 0 Å². The second-order valence-electron chi connectivity index (χ2n) is 4.90. The van der Waals surface area contributed by atoms with Crippen LogP contribution in [0.1, 0.15) is 59.8 Å². The largest absolute Gasteiger partial charge is 0.481 e. The third-order valence-corrected chi connectivity index (χ3v) is 2.39. The van der Waals surface area contributed by atoms with Gasteiger partial charge in [-0.05, 0) is 12.8 Å². The maximum Gasteiger partial charge on any atom is 0.331 e. The summed E-state index contributed by atoms with van der Waals surface area (Å²) >= 11 is 0. The summed E-state index contributed by atoms with van der Waals surface area (Å²) in [5.74, 6) is -2.07. The van der Waals surface area contributed by atoms with Crippen molar-refractivity contribution in [2.75, 3.05) is 13.2 Å². The minimum absolute atomic E-state index is 0.222. The molecule has 0 fully saturated rings. The molecule has 0 aliphatic rings. The second kappa shape index (κ2) is 23.4. The second-order valence-corrected chi connectivity index (χ2v) is 4.90. The number of carboxylic acids is 1. The van der Waals surface area contributed by atoms with Gasteiger partial charge in [-0.3, -0.25) is 9.59 Å². The van der Waals surface area contributed by atoms with Crippen molar-refractivity contribution >= 4 is 23.9 Å². The van der Waals surface area contributed by atoms with E-state index in [-0.39, 0.29) is 12.4 Å². The van der Waals surface area contributed by atoms with Gasteiger partial charge < -0.3 is 19.3 Å². The van der Waals surface area contributed by atoms with Gasteiger partial charge in [0.1, 0.15) is 0 Å². The standard InChI is InChI=1S/C12H20O4.C4H6O2.C3H6O2/c1-3-5-9-15-11(13)7-8-12(14)16-10-6-4-2;1-3-6-4(2)5;1-2-3(4)5/h7-8H,3-6,9-10H2,1-2H3;3H,1H2,2H3;2H2,1H3,(H,4,5)/b8-7-;;. The topological polar surface area (TPSA) is 116 Å². The summed E-state index contributed by atoms with van der Waals surface area (Å²) in [4.78, 5) is 41.2. The molecule has 0 heterocycles. The van der Waals surface area contributed by atoms with Crippen LogP contribution in [-0.4, -0.2) is 42.2 Å². The lowest BCUT2D eigenvalue weighted by molar-refractivity contribution is -0.140. The summed E-state index contributed by atoms with van der Waals surface area (Å²) in [5, 5.41) is 7.72. The molecule has 0 aromatic carbocycles. The zero-order valence-electron chi connectivity index (χ0n) is 16.7. The number of aliphatic carboxylic acids is 1. The Morgan fingerprint density at radius 3 is 1.44 bits per heavy atom. The number of ether oxygens (including phenoxy) is 3. The molecule has 0 rings (SSSR count). The van der Waals surface area contributed by atoms with E-state index in [9.17, 15) is 19.2 Å². The Balaban J connectivity index is -0.000000428. The first-order valence-electron chi connectivity index (χ1n) is 8.76. The van der Waals surface area contributed by atoms with Crippen LogP contribution in [0.2, 0.25) is 0 Å². The minimum atomic E-state index is -0.745. The summed E-state index contributed by atoms with van der Waals surface area (Å²) in [6.45, 7) is 10.9. The van der Waals surface area contributed by atoms with Gasteiger partial charge in [-0.1, -0.05) is 40.2 Å². The molecule has 0 saturated heterocycles. The van der Waals surface area contributed by atoms with Crippen LogP contribution in [0.15, 0.2) is 25.0 Å². The van der Waals surface area contributed by atoms with Gasteiger partial charge in [-0.15, -0.1) is 0 Å². The predicted octanol–water partition coefficient (Wildman–Crippen LogP) is 3.40. The van der Waals surface area contributed by atoms with E-state index in [4.69, 9.17) is 14.6 Å². The van der Waals surface area contributed by atoms with E-state index >= 15 is 0 Å². The van der Waals surface area contributed by atoms with E-state index in [0.717, 1.165) is 44.1 Å². The average Bonchev–Trinajstić information content (AvgIpc) is 2.61. The highest BCUT2D eigenvalue weighted by Crippen LogP contribution is 1.92. The lowest BCUT2D eigenvalue weighted by atomic mass is 10.4. The molecule has 156 valence electrons. The van der Waals surface area contributed by atoms with Gasteiger partial charge in [0.15, 0.2) is 0 Å². The van der Waals surface area contributed by atoms with Crippen molar-refractivity contribution in [2.24, 2.45) is 0 Å². The molecule has 0 aromatic heterocycles. The normalized spacial score (nSPS) is 9.04. The van der Waals surface area contributed by atoms with Crippen LogP contribution in [0.3, 0.4) is 0 Å². The monoisotopic (exact) mass is 388 g/mol. The van der Waals surface area contributed by atoms with Crippen LogP contribution in [0.25, 0.3) is 0 Å². The highest BCUT2D eigenvalue weighted by molar-refractivity contribution is 5.91. The highest BCUT2D eigenvalue weighted by Gasteiger charge is 2.00. The smallest absolute Gasteiger partial charge is 0.331 e. The molecule has 27 heavy (non-hydrogen) atoms. The number of carboxylic acid groups (broad SMARTS) is 1. The number of hydrogen-bond acceptors (Lipinski definition) is 7. The summed E-state index contributed by atoms with van der Waals surface area (Å²) in [6, 6.07) is 0. The summed E-state index contributed by atoms with van der Waals surface area (Å²) in [5.41, 5.74) is 0. The van der Waals surface area contributed by atoms with Gasteiger partial charge >= 0.3 is 23.9 Å². The fourth-order valence-electron chi connectivity index (χ4n) is 0.984. The van der Waals surface area contributed by atoms with Crippen LogP contribution in [0, 0.1) is 0 Å². The molecule has 0 unspecified atom stereocenters. The Morgan fingerprint density at radius 2 is 1.26 bits per heavy atom. The lowest BCUT2D eigenvalue weighted by Crippen LogP contribution is -2.05. The first-order valence-corrected chi connectivity index (χ1v) is 8.76. The fraction of sp³-hybridized carbons (Fsp3) is 0.579. The van der Waals surface area contributed by atoms with Crippen LogP contribution < -0.4 is 0 Å². The van der Waals surface area contributed by atoms with Crippen molar-refractivity contribution in [1.29, 1.82) is 0 Å². The zero-order chi connectivity index (χ0) is 21.5. The van der Waals surface area contributed by atoms with E-state index in [1.807, 2.05) is 13.8 Å². The molecule has 0 aliphatic heterocycles. The van der Waals surface area contributed by atoms with Gasteiger partial charge in [0.2, 0.25) is 0 Å².